The summed E-state index contributed by atoms with van der Waals surface area (Å²) in [6.07, 6.45) is 2.88. The van der Waals surface area contributed by atoms with Crippen LogP contribution in [0.3, 0.4) is 0 Å². The zero-order valence-electron chi connectivity index (χ0n) is 12.2. The summed E-state index contributed by atoms with van der Waals surface area (Å²) in [6.45, 7) is 0.104. The molecule has 0 spiro atoms. The van der Waals surface area contributed by atoms with Crippen LogP contribution in [0.15, 0.2) is 42.7 Å². The number of hydrogen-bond acceptors (Lipinski definition) is 3. The molecule has 0 atom stereocenters. The summed E-state index contributed by atoms with van der Waals surface area (Å²) in [4.78, 5) is 27.2. The van der Waals surface area contributed by atoms with Crippen LogP contribution in [0.25, 0.3) is 0 Å². The number of anilines is 1. The van der Waals surface area contributed by atoms with E-state index in [1.54, 1.807) is 24.5 Å². The van der Waals surface area contributed by atoms with E-state index in [0.717, 1.165) is 6.07 Å². The Bertz CT molecular complexity index is 693. The molecule has 23 heavy (non-hydrogen) atoms. The van der Waals surface area contributed by atoms with Crippen molar-refractivity contribution < 1.29 is 18.4 Å². The Labute approximate surface area is 131 Å². The van der Waals surface area contributed by atoms with E-state index in [-0.39, 0.29) is 30.9 Å². The second-order valence-electron chi connectivity index (χ2n) is 4.77. The molecular formula is C16H15F2N3O2. The summed E-state index contributed by atoms with van der Waals surface area (Å²) in [7, 11) is 0. The Morgan fingerprint density at radius 3 is 2.52 bits per heavy atom. The van der Waals surface area contributed by atoms with Crippen LogP contribution in [-0.4, -0.2) is 23.3 Å². The van der Waals surface area contributed by atoms with Gasteiger partial charge in [0.2, 0.25) is 11.8 Å². The lowest BCUT2D eigenvalue weighted by atomic mass is 10.1. The summed E-state index contributed by atoms with van der Waals surface area (Å²) in [5, 5.41) is 5.14. The maximum absolute atomic E-state index is 13.4. The lowest BCUT2D eigenvalue weighted by molar-refractivity contribution is -0.120. The summed E-state index contributed by atoms with van der Waals surface area (Å²) in [6, 6.07) is 6.95. The van der Waals surface area contributed by atoms with Crippen LogP contribution in [0.1, 0.15) is 12.0 Å². The number of aromatic nitrogens is 1. The molecule has 2 N–H and O–H groups in total. The Hall–Kier alpha value is -2.83. The summed E-state index contributed by atoms with van der Waals surface area (Å²) in [5.41, 5.74) is 0.585. The van der Waals surface area contributed by atoms with Crippen LogP contribution < -0.4 is 10.6 Å². The molecular weight excluding hydrogens is 304 g/mol. The van der Waals surface area contributed by atoms with E-state index in [1.807, 2.05) is 0 Å². The number of halogens is 2. The molecule has 0 fully saturated rings. The highest BCUT2D eigenvalue weighted by Gasteiger charge is 2.11. The molecule has 0 aliphatic heterocycles. The van der Waals surface area contributed by atoms with Crippen molar-refractivity contribution in [2.75, 3.05) is 11.9 Å². The molecule has 2 amide bonds. The molecule has 7 heteroatoms. The number of carbonyl (C=O) groups excluding carboxylic acids is 2. The lowest BCUT2D eigenvalue weighted by Crippen LogP contribution is -2.29. The van der Waals surface area contributed by atoms with E-state index in [2.05, 4.69) is 15.6 Å². The molecule has 0 saturated heterocycles. The number of nitrogens with one attached hydrogen (secondary N) is 2. The minimum Gasteiger partial charge on any atom is -0.355 e. The average molecular weight is 319 g/mol. The fourth-order valence-corrected chi connectivity index (χ4v) is 1.89. The van der Waals surface area contributed by atoms with Crippen molar-refractivity contribution in [1.82, 2.24) is 10.3 Å². The first kappa shape index (κ1) is 16.5. The van der Waals surface area contributed by atoms with Gasteiger partial charge in [0.05, 0.1) is 6.42 Å². The van der Waals surface area contributed by atoms with Gasteiger partial charge in [0, 0.05) is 36.6 Å². The van der Waals surface area contributed by atoms with Crippen molar-refractivity contribution in [3.8, 4) is 0 Å². The van der Waals surface area contributed by atoms with Crippen molar-refractivity contribution in [1.29, 1.82) is 0 Å². The monoisotopic (exact) mass is 319 g/mol. The molecule has 120 valence electrons. The number of benzene rings is 1. The van der Waals surface area contributed by atoms with E-state index in [9.17, 15) is 18.4 Å². The Morgan fingerprint density at radius 2 is 1.78 bits per heavy atom. The van der Waals surface area contributed by atoms with Gasteiger partial charge < -0.3 is 10.6 Å². The zero-order valence-corrected chi connectivity index (χ0v) is 12.2. The SMILES string of the molecule is O=C(Cc1cccc(F)c1F)NCCC(=O)Nc1ccncc1. The first-order valence-corrected chi connectivity index (χ1v) is 6.95. The standard InChI is InChI=1S/C16H15F2N3O2/c17-13-3-1-2-11(16(13)18)10-15(23)20-9-6-14(22)21-12-4-7-19-8-5-12/h1-5,7-8H,6,9-10H2,(H,20,23)(H,19,21,22). The van der Waals surface area contributed by atoms with Gasteiger partial charge in [-0.2, -0.15) is 0 Å². The molecule has 0 radical (unpaired) electrons. The largest absolute Gasteiger partial charge is 0.355 e. The summed E-state index contributed by atoms with van der Waals surface area (Å²) >= 11 is 0. The first-order valence-electron chi connectivity index (χ1n) is 6.95. The Balaban J connectivity index is 1.74. The zero-order chi connectivity index (χ0) is 16.7. The minimum atomic E-state index is -1.03. The van der Waals surface area contributed by atoms with Crippen molar-refractivity contribution in [2.24, 2.45) is 0 Å². The Kier molecular flexibility index (Phi) is 5.74. The van der Waals surface area contributed by atoms with E-state index in [4.69, 9.17) is 0 Å². The number of carbonyl (C=O) groups is 2. The highest BCUT2D eigenvalue weighted by molar-refractivity contribution is 5.91. The lowest BCUT2D eigenvalue weighted by Gasteiger charge is -2.07. The molecule has 2 rings (SSSR count). The highest BCUT2D eigenvalue weighted by atomic mass is 19.2. The second kappa shape index (κ2) is 7.98. The maximum atomic E-state index is 13.4. The van der Waals surface area contributed by atoms with E-state index in [0.29, 0.717) is 5.69 Å². The molecule has 1 heterocycles. The van der Waals surface area contributed by atoms with Crippen molar-refractivity contribution in [2.45, 2.75) is 12.8 Å². The van der Waals surface area contributed by atoms with Crippen molar-refractivity contribution in [3.05, 3.63) is 59.9 Å². The van der Waals surface area contributed by atoms with E-state index in [1.165, 1.54) is 12.1 Å². The smallest absolute Gasteiger partial charge is 0.226 e. The number of hydrogen-bond donors (Lipinski definition) is 2. The first-order chi connectivity index (χ1) is 11.1. The Morgan fingerprint density at radius 1 is 1.04 bits per heavy atom. The molecule has 0 saturated carbocycles. The quantitative estimate of drug-likeness (QED) is 0.856. The summed E-state index contributed by atoms with van der Waals surface area (Å²) in [5.74, 6) is -2.77. The third kappa shape index (κ3) is 5.14. The molecule has 1 aromatic heterocycles. The number of rotatable bonds is 6. The predicted molar refractivity (Wildman–Crippen MR) is 80.6 cm³/mol. The molecule has 5 nitrogen and oxygen atoms in total. The maximum Gasteiger partial charge on any atom is 0.226 e. The molecule has 0 aliphatic carbocycles. The topological polar surface area (TPSA) is 71.1 Å². The van der Waals surface area contributed by atoms with Crippen LogP contribution in [0.4, 0.5) is 14.5 Å². The van der Waals surface area contributed by atoms with E-state index < -0.39 is 17.5 Å². The average Bonchev–Trinajstić information content (AvgIpc) is 2.53. The van der Waals surface area contributed by atoms with Crippen LogP contribution >= 0.6 is 0 Å². The van der Waals surface area contributed by atoms with Crippen LogP contribution in [0, 0.1) is 11.6 Å². The number of nitrogens with zero attached hydrogens (tertiary/aromatic N) is 1. The van der Waals surface area contributed by atoms with Gasteiger partial charge in [-0.25, -0.2) is 8.78 Å². The van der Waals surface area contributed by atoms with Crippen molar-refractivity contribution in [3.63, 3.8) is 0 Å². The highest BCUT2D eigenvalue weighted by Crippen LogP contribution is 2.11. The van der Waals surface area contributed by atoms with Crippen molar-refractivity contribution >= 4 is 17.5 Å². The van der Waals surface area contributed by atoms with Crippen LogP contribution in [0.2, 0.25) is 0 Å². The fourth-order valence-electron chi connectivity index (χ4n) is 1.89. The van der Waals surface area contributed by atoms with Gasteiger partial charge in [-0.05, 0) is 18.2 Å². The van der Waals surface area contributed by atoms with Gasteiger partial charge in [0.1, 0.15) is 0 Å². The van der Waals surface area contributed by atoms with E-state index >= 15 is 0 Å². The third-order valence-corrected chi connectivity index (χ3v) is 3.02. The molecule has 1 aromatic carbocycles. The molecule has 2 aromatic rings. The van der Waals surface area contributed by atoms with Gasteiger partial charge in [-0.15, -0.1) is 0 Å². The number of amides is 2. The normalized spacial score (nSPS) is 10.2. The van der Waals surface area contributed by atoms with Gasteiger partial charge in [0.15, 0.2) is 11.6 Å². The number of pyridine rings is 1. The van der Waals surface area contributed by atoms with Crippen LogP contribution in [-0.2, 0) is 16.0 Å². The molecule has 0 bridgehead atoms. The minimum absolute atomic E-state index is 0.0243. The van der Waals surface area contributed by atoms with Crippen LogP contribution in [0.5, 0.6) is 0 Å². The van der Waals surface area contributed by atoms with Gasteiger partial charge in [0.25, 0.3) is 0 Å². The third-order valence-electron chi connectivity index (χ3n) is 3.02. The van der Waals surface area contributed by atoms with Gasteiger partial charge in [-0.3, -0.25) is 14.6 Å². The van der Waals surface area contributed by atoms with Gasteiger partial charge in [-0.1, -0.05) is 12.1 Å². The molecule has 0 unspecified atom stereocenters. The van der Waals surface area contributed by atoms with Gasteiger partial charge >= 0.3 is 0 Å². The second-order valence-corrected chi connectivity index (χ2v) is 4.77. The predicted octanol–water partition coefficient (Wildman–Crippen LogP) is 2.05. The summed E-state index contributed by atoms with van der Waals surface area (Å²) < 4.78 is 26.5. The molecule has 0 aliphatic rings. The fraction of sp³-hybridized carbons (Fsp3) is 0.188.